The molecule has 1 atom stereocenters. The summed E-state index contributed by atoms with van der Waals surface area (Å²) in [6, 6.07) is 19.0. The maximum atomic E-state index is 13.1. The van der Waals surface area contributed by atoms with E-state index in [1.807, 2.05) is 53.4 Å². The molecule has 3 heterocycles. The van der Waals surface area contributed by atoms with Crippen LogP contribution in [-0.2, 0) is 11.2 Å². The van der Waals surface area contributed by atoms with E-state index in [4.69, 9.17) is 4.74 Å². The van der Waals surface area contributed by atoms with Gasteiger partial charge in [-0.15, -0.1) is 0 Å². The molecule has 2 aromatic carbocycles. The van der Waals surface area contributed by atoms with Crippen LogP contribution in [0.3, 0.4) is 0 Å². The molecule has 5 rings (SSSR count). The summed E-state index contributed by atoms with van der Waals surface area (Å²) in [4.78, 5) is 29.7. The number of piperidine rings is 1. The number of likely N-dealkylation sites (tertiary alicyclic amines) is 1. The Kier molecular flexibility index (Phi) is 5.62. The van der Waals surface area contributed by atoms with Crippen LogP contribution in [0, 0.1) is 0 Å². The van der Waals surface area contributed by atoms with Gasteiger partial charge in [0.25, 0.3) is 11.8 Å². The largest absolute Gasteiger partial charge is 0.484 e. The lowest BCUT2D eigenvalue weighted by molar-refractivity contribution is -0.137. The molecular formula is C25H26N4O3. The van der Waals surface area contributed by atoms with Crippen molar-refractivity contribution in [3.63, 3.8) is 0 Å². The van der Waals surface area contributed by atoms with Crippen molar-refractivity contribution in [2.75, 3.05) is 24.6 Å². The van der Waals surface area contributed by atoms with Crippen LogP contribution in [0.4, 0.5) is 5.69 Å². The molecule has 0 bridgehead atoms. The highest BCUT2D eigenvalue weighted by atomic mass is 16.5. The zero-order valence-electron chi connectivity index (χ0n) is 17.9. The second-order valence-electron chi connectivity index (χ2n) is 8.24. The number of ether oxygens (including phenoxy) is 1. The number of carbonyl (C=O) groups is 2. The summed E-state index contributed by atoms with van der Waals surface area (Å²) in [6.45, 7) is 1.32. The Labute approximate surface area is 187 Å². The molecule has 164 valence electrons. The molecule has 3 aromatic rings. The third-order valence-electron chi connectivity index (χ3n) is 6.24. The summed E-state index contributed by atoms with van der Waals surface area (Å²) in [6.07, 6.45) is 3.67. The number of nitrogens with zero attached hydrogens (tertiary/aromatic N) is 3. The van der Waals surface area contributed by atoms with Crippen molar-refractivity contribution >= 4 is 17.5 Å². The van der Waals surface area contributed by atoms with E-state index in [0.717, 1.165) is 37.1 Å². The normalized spacial score (nSPS) is 17.8. The number of aromatic nitrogens is 2. The van der Waals surface area contributed by atoms with Crippen LogP contribution in [0.15, 0.2) is 60.7 Å². The summed E-state index contributed by atoms with van der Waals surface area (Å²) in [5.41, 5.74) is 3.32. The molecule has 7 nitrogen and oxygen atoms in total. The zero-order chi connectivity index (χ0) is 21.9. The lowest BCUT2D eigenvalue weighted by Gasteiger charge is -2.35. The van der Waals surface area contributed by atoms with Gasteiger partial charge in [0.2, 0.25) is 0 Å². The first-order chi connectivity index (χ1) is 15.7. The van der Waals surface area contributed by atoms with E-state index >= 15 is 0 Å². The summed E-state index contributed by atoms with van der Waals surface area (Å²) >= 11 is 0. The first kappa shape index (κ1) is 20.3. The number of hydrogen-bond donors (Lipinski definition) is 1. The Morgan fingerprint density at radius 3 is 2.72 bits per heavy atom. The lowest BCUT2D eigenvalue weighted by Crippen LogP contribution is -2.41. The maximum absolute atomic E-state index is 13.1. The first-order valence-corrected chi connectivity index (χ1v) is 11.1. The number of benzene rings is 2. The third kappa shape index (κ3) is 3.98. The van der Waals surface area contributed by atoms with Crippen LogP contribution in [-0.4, -0.2) is 46.6 Å². The lowest BCUT2D eigenvalue weighted by atomic mass is 9.99. The van der Waals surface area contributed by atoms with Gasteiger partial charge >= 0.3 is 0 Å². The van der Waals surface area contributed by atoms with Crippen LogP contribution >= 0.6 is 0 Å². The number of rotatable bonds is 5. The van der Waals surface area contributed by atoms with Gasteiger partial charge in [0.15, 0.2) is 12.3 Å². The Morgan fingerprint density at radius 1 is 1.03 bits per heavy atom. The molecule has 0 radical (unpaired) electrons. The topological polar surface area (TPSA) is 78.5 Å². The highest BCUT2D eigenvalue weighted by Gasteiger charge is 2.32. The van der Waals surface area contributed by atoms with Gasteiger partial charge in [0.05, 0.1) is 11.7 Å². The minimum absolute atomic E-state index is 0.00893. The number of carbonyl (C=O) groups excluding carboxylic acids is 2. The number of fused-ring (bicyclic) bond motifs is 1. The minimum atomic E-state index is -0.129. The number of nitrogens with one attached hydrogen (secondary N) is 1. The highest BCUT2D eigenvalue weighted by Crippen LogP contribution is 2.32. The van der Waals surface area contributed by atoms with Gasteiger partial charge < -0.3 is 14.5 Å². The van der Waals surface area contributed by atoms with Crippen molar-refractivity contribution < 1.29 is 14.3 Å². The second kappa shape index (κ2) is 8.86. The minimum Gasteiger partial charge on any atom is -0.484 e. The third-order valence-corrected chi connectivity index (χ3v) is 6.24. The molecule has 0 spiro atoms. The molecule has 0 aliphatic carbocycles. The van der Waals surface area contributed by atoms with Gasteiger partial charge in [-0.05, 0) is 55.5 Å². The van der Waals surface area contributed by atoms with Gasteiger partial charge in [0, 0.05) is 18.8 Å². The molecule has 1 saturated heterocycles. The SMILES string of the molecule is O=C(c1cc(C2CCCCN2C(=O)COc2ccccc2)[nH]n1)N1CCc2ccccc21. The van der Waals surface area contributed by atoms with Gasteiger partial charge in [0.1, 0.15) is 5.75 Å². The van der Waals surface area contributed by atoms with Crippen LogP contribution in [0.25, 0.3) is 0 Å². The molecule has 1 unspecified atom stereocenters. The van der Waals surface area contributed by atoms with Gasteiger partial charge in [-0.25, -0.2) is 0 Å². The van der Waals surface area contributed by atoms with Crippen molar-refractivity contribution in [1.29, 1.82) is 0 Å². The van der Waals surface area contributed by atoms with E-state index in [1.54, 1.807) is 11.0 Å². The Balaban J connectivity index is 1.29. The maximum Gasteiger partial charge on any atom is 0.278 e. The molecule has 2 aliphatic heterocycles. The number of aromatic amines is 1. The summed E-state index contributed by atoms with van der Waals surface area (Å²) in [7, 11) is 0. The number of H-pyrrole nitrogens is 1. The van der Waals surface area contributed by atoms with E-state index < -0.39 is 0 Å². The van der Waals surface area contributed by atoms with Crippen molar-refractivity contribution in [2.45, 2.75) is 31.7 Å². The molecule has 0 saturated carbocycles. The monoisotopic (exact) mass is 430 g/mol. The molecule has 1 fully saturated rings. The average molecular weight is 431 g/mol. The zero-order valence-corrected chi connectivity index (χ0v) is 17.9. The van der Waals surface area contributed by atoms with Gasteiger partial charge in [-0.1, -0.05) is 36.4 Å². The summed E-state index contributed by atoms with van der Waals surface area (Å²) in [5.74, 6) is 0.503. The predicted molar refractivity (Wildman–Crippen MR) is 121 cm³/mol. The Morgan fingerprint density at radius 2 is 1.84 bits per heavy atom. The smallest absolute Gasteiger partial charge is 0.278 e. The number of para-hydroxylation sites is 2. The van der Waals surface area contributed by atoms with Gasteiger partial charge in [-0.3, -0.25) is 14.7 Å². The second-order valence-corrected chi connectivity index (χ2v) is 8.24. The van der Waals surface area contributed by atoms with Gasteiger partial charge in [-0.2, -0.15) is 5.10 Å². The Bertz CT molecular complexity index is 1110. The molecule has 2 aliphatic rings. The molecule has 32 heavy (non-hydrogen) atoms. The standard InChI is InChI=1S/C25H26N4O3/c30-24(17-32-19-9-2-1-3-10-19)28-14-7-6-12-23(28)20-16-21(27-26-20)25(31)29-15-13-18-8-4-5-11-22(18)29/h1-5,8-11,16,23H,6-7,12-15,17H2,(H,26,27). The molecule has 2 amide bonds. The molecular weight excluding hydrogens is 404 g/mol. The fourth-order valence-electron chi connectivity index (χ4n) is 4.60. The van der Waals surface area contributed by atoms with Crippen molar-refractivity contribution in [3.05, 3.63) is 77.6 Å². The first-order valence-electron chi connectivity index (χ1n) is 11.1. The van der Waals surface area contributed by atoms with E-state index in [2.05, 4.69) is 16.3 Å². The number of hydrogen-bond acceptors (Lipinski definition) is 4. The average Bonchev–Trinajstić information content (AvgIpc) is 3.51. The van der Waals surface area contributed by atoms with Crippen molar-refractivity contribution in [1.82, 2.24) is 15.1 Å². The van der Waals surface area contributed by atoms with E-state index in [9.17, 15) is 9.59 Å². The quantitative estimate of drug-likeness (QED) is 0.669. The Hall–Kier alpha value is -3.61. The van der Waals surface area contributed by atoms with Crippen molar-refractivity contribution in [2.24, 2.45) is 0 Å². The van der Waals surface area contributed by atoms with E-state index in [-0.39, 0.29) is 24.5 Å². The van der Waals surface area contributed by atoms with Crippen LogP contribution in [0.2, 0.25) is 0 Å². The molecule has 1 N–H and O–H groups in total. The van der Waals surface area contributed by atoms with E-state index in [0.29, 0.717) is 24.5 Å². The summed E-state index contributed by atoms with van der Waals surface area (Å²) in [5, 5.41) is 7.34. The van der Waals surface area contributed by atoms with E-state index in [1.165, 1.54) is 5.56 Å². The van der Waals surface area contributed by atoms with Crippen LogP contribution in [0.5, 0.6) is 5.75 Å². The molecule has 7 heteroatoms. The van der Waals surface area contributed by atoms with Crippen LogP contribution < -0.4 is 9.64 Å². The highest BCUT2D eigenvalue weighted by molar-refractivity contribution is 6.06. The predicted octanol–water partition coefficient (Wildman–Crippen LogP) is 3.75. The molecule has 1 aromatic heterocycles. The van der Waals surface area contributed by atoms with Crippen molar-refractivity contribution in [3.8, 4) is 5.75 Å². The fraction of sp³-hybridized carbons (Fsp3) is 0.320. The number of amides is 2. The van der Waals surface area contributed by atoms with Crippen LogP contribution in [0.1, 0.15) is 47.1 Å². The number of anilines is 1. The fourth-order valence-corrected chi connectivity index (χ4v) is 4.60. The summed E-state index contributed by atoms with van der Waals surface area (Å²) < 4.78 is 5.67.